The number of hydrogen-bond donors (Lipinski definition) is 1. The highest BCUT2D eigenvalue weighted by molar-refractivity contribution is 9.09. The van der Waals surface area contributed by atoms with Crippen LogP contribution < -0.4 is 5.32 Å². The Morgan fingerprint density at radius 2 is 2.12 bits per heavy atom. The van der Waals surface area contributed by atoms with Crippen molar-refractivity contribution in [3.05, 3.63) is 16.5 Å². The Kier molecular flexibility index (Phi) is 6.01. The zero-order valence-electron chi connectivity index (χ0n) is 8.34. The Bertz CT molecular complexity index is 356. The average Bonchev–Trinajstić information content (AvgIpc) is 2.16. The average molecular weight is 327 g/mol. The molecule has 1 heterocycles. The lowest BCUT2D eigenvalue weighted by Gasteiger charge is -2.04. The van der Waals surface area contributed by atoms with Crippen molar-refractivity contribution in [3.8, 4) is 0 Å². The van der Waals surface area contributed by atoms with E-state index >= 15 is 0 Å². The van der Waals surface area contributed by atoms with Gasteiger partial charge in [0.15, 0.2) is 0 Å². The smallest absolute Gasteiger partial charge is 0.225 e. The van der Waals surface area contributed by atoms with E-state index in [-0.39, 0.29) is 16.3 Å². The second-order valence-corrected chi connectivity index (χ2v) is 4.56. The number of nitrogens with zero attached hydrogens (tertiary/aromatic N) is 2. The fourth-order valence-electron chi connectivity index (χ4n) is 1.04. The quantitative estimate of drug-likeness (QED) is 0.391. The zero-order valence-corrected chi connectivity index (χ0v) is 11.4. The molecule has 0 saturated carbocycles. The van der Waals surface area contributed by atoms with Crippen LogP contribution in [0.25, 0.3) is 0 Å². The summed E-state index contributed by atoms with van der Waals surface area (Å²) in [6.45, 7) is 0. The summed E-state index contributed by atoms with van der Waals surface area (Å²) < 4.78 is 0. The van der Waals surface area contributed by atoms with Crippen molar-refractivity contribution in [2.45, 2.75) is 19.3 Å². The molecule has 0 saturated heterocycles. The van der Waals surface area contributed by atoms with E-state index in [0.29, 0.717) is 12.2 Å². The highest BCUT2D eigenvalue weighted by Crippen LogP contribution is 2.14. The van der Waals surface area contributed by atoms with Crippen LogP contribution in [0.5, 0.6) is 0 Å². The Labute approximate surface area is 112 Å². The summed E-state index contributed by atoms with van der Waals surface area (Å²) in [6, 6.07) is 1.45. The van der Waals surface area contributed by atoms with Crippen molar-refractivity contribution in [1.82, 2.24) is 9.97 Å². The number of anilines is 1. The minimum Gasteiger partial charge on any atom is -0.311 e. The van der Waals surface area contributed by atoms with Crippen LogP contribution in [0.2, 0.25) is 10.4 Å². The van der Waals surface area contributed by atoms with Gasteiger partial charge in [-0.1, -0.05) is 27.5 Å². The fraction of sp³-hybridized carbons (Fsp3) is 0.444. The summed E-state index contributed by atoms with van der Waals surface area (Å²) in [5, 5.41) is 3.72. The first-order chi connectivity index (χ1) is 7.61. The Morgan fingerprint density at radius 1 is 1.38 bits per heavy atom. The maximum atomic E-state index is 11.4. The fourth-order valence-corrected chi connectivity index (χ4v) is 1.84. The van der Waals surface area contributed by atoms with Crippen LogP contribution in [0.1, 0.15) is 19.3 Å². The van der Waals surface area contributed by atoms with Gasteiger partial charge in [-0.05, 0) is 24.4 Å². The monoisotopic (exact) mass is 325 g/mol. The summed E-state index contributed by atoms with van der Waals surface area (Å²) in [5.41, 5.74) is 0. The van der Waals surface area contributed by atoms with Gasteiger partial charge in [0, 0.05) is 17.8 Å². The van der Waals surface area contributed by atoms with Gasteiger partial charge in [0.25, 0.3) is 0 Å². The molecular formula is C9H10BrCl2N3O. The van der Waals surface area contributed by atoms with E-state index in [1.54, 1.807) is 0 Å². The van der Waals surface area contributed by atoms with Crippen molar-refractivity contribution in [2.75, 3.05) is 10.6 Å². The Morgan fingerprint density at radius 3 is 2.75 bits per heavy atom. The number of amides is 1. The molecule has 0 atom stereocenters. The predicted molar refractivity (Wildman–Crippen MR) is 68.3 cm³/mol. The summed E-state index contributed by atoms with van der Waals surface area (Å²) >= 11 is 14.6. The lowest BCUT2D eigenvalue weighted by atomic mass is 10.2. The molecule has 4 nitrogen and oxygen atoms in total. The van der Waals surface area contributed by atoms with E-state index in [2.05, 4.69) is 31.2 Å². The number of carbonyl (C=O) groups is 1. The first-order valence-electron chi connectivity index (χ1n) is 4.67. The van der Waals surface area contributed by atoms with Crippen molar-refractivity contribution in [3.63, 3.8) is 0 Å². The number of carbonyl (C=O) groups excluding carboxylic acids is 1. The molecule has 0 unspecified atom stereocenters. The van der Waals surface area contributed by atoms with Crippen molar-refractivity contribution < 1.29 is 4.79 Å². The van der Waals surface area contributed by atoms with E-state index in [1.807, 2.05) is 0 Å². The standard InChI is InChI=1S/C9H10BrCl2N3O/c10-4-2-1-3-8(16)14-7-5-6(11)13-9(12)15-7/h5H,1-4H2,(H,13,14,15,16). The molecule has 1 N–H and O–H groups in total. The van der Waals surface area contributed by atoms with Crippen molar-refractivity contribution in [2.24, 2.45) is 0 Å². The second-order valence-electron chi connectivity index (χ2n) is 3.04. The minimum atomic E-state index is -0.105. The van der Waals surface area contributed by atoms with Crippen LogP contribution in [0, 0.1) is 0 Å². The highest BCUT2D eigenvalue weighted by atomic mass is 79.9. The van der Waals surface area contributed by atoms with Gasteiger partial charge in [-0.25, -0.2) is 9.97 Å². The van der Waals surface area contributed by atoms with Crippen LogP contribution >= 0.6 is 39.1 Å². The summed E-state index contributed by atoms with van der Waals surface area (Å²) in [6.07, 6.45) is 2.23. The normalized spacial score (nSPS) is 10.2. The lowest BCUT2D eigenvalue weighted by molar-refractivity contribution is -0.116. The number of hydrogen-bond acceptors (Lipinski definition) is 3. The van der Waals surface area contributed by atoms with E-state index in [1.165, 1.54) is 6.07 Å². The van der Waals surface area contributed by atoms with Gasteiger partial charge in [0.2, 0.25) is 11.2 Å². The van der Waals surface area contributed by atoms with Crippen LogP contribution in [0.15, 0.2) is 6.07 Å². The van der Waals surface area contributed by atoms with Gasteiger partial charge in [-0.3, -0.25) is 4.79 Å². The third-order valence-electron chi connectivity index (χ3n) is 1.72. The molecule has 0 aliphatic rings. The molecule has 7 heteroatoms. The van der Waals surface area contributed by atoms with Crippen molar-refractivity contribution in [1.29, 1.82) is 0 Å². The number of aromatic nitrogens is 2. The molecular weight excluding hydrogens is 317 g/mol. The van der Waals surface area contributed by atoms with E-state index in [4.69, 9.17) is 23.2 Å². The van der Waals surface area contributed by atoms with Gasteiger partial charge in [0.05, 0.1) is 0 Å². The SMILES string of the molecule is O=C(CCCCBr)Nc1cc(Cl)nc(Cl)n1. The van der Waals surface area contributed by atoms with Gasteiger partial charge in [0.1, 0.15) is 11.0 Å². The first kappa shape index (κ1) is 13.7. The number of rotatable bonds is 5. The molecule has 88 valence electrons. The van der Waals surface area contributed by atoms with Gasteiger partial charge < -0.3 is 5.32 Å². The maximum absolute atomic E-state index is 11.4. The molecule has 16 heavy (non-hydrogen) atoms. The number of nitrogens with one attached hydrogen (secondary N) is 1. The van der Waals surface area contributed by atoms with Crippen LogP contribution in [-0.4, -0.2) is 21.2 Å². The summed E-state index contributed by atoms with van der Waals surface area (Å²) in [5.74, 6) is 0.223. The van der Waals surface area contributed by atoms with E-state index in [0.717, 1.165) is 18.2 Å². The largest absolute Gasteiger partial charge is 0.311 e. The van der Waals surface area contributed by atoms with Crippen LogP contribution in [0.4, 0.5) is 5.82 Å². The molecule has 0 bridgehead atoms. The Hall–Kier alpha value is -0.390. The molecule has 1 rings (SSSR count). The Balaban J connectivity index is 2.49. The molecule has 1 aromatic rings. The van der Waals surface area contributed by atoms with E-state index in [9.17, 15) is 4.79 Å². The van der Waals surface area contributed by atoms with E-state index < -0.39 is 0 Å². The molecule has 0 aliphatic heterocycles. The van der Waals surface area contributed by atoms with Gasteiger partial charge >= 0.3 is 0 Å². The number of halogens is 3. The second kappa shape index (κ2) is 7.04. The molecule has 1 amide bonds. The third kappa shape index (κ3) is 5.09. The number of alkyl halides is 1. The molecule has 0 spiro atoms. The lowest BCUT2D eigenvalue weighted by Crippen LogP contribution is -2.12. The van der Waals surface area contributed by atoms with Crippen LogP contribution in [-0.2, 0) is 4.79 Å². The highest BCUT2D eigenvalue weighted by Gasteiger charge is 2.05. The molecule has 0 radical (unpaired) electrons. The number of unbranched alkanes of at least 4 members (excludes halogenated alkanes) is 1. The van der Waals surface area contributed by atoms with Gasteiger partial charge in [-0.15, -0.1) is 0 Å². The third-order valence-corrected chi connectivity index (χ3v) is 2.65. The molecule has 0 aromatic carbocycles. The summed E-state index contributed by atoms with van der Waals surface area (Å²) in [7, 11) is 0. The molecule has 0 fully saturated rings. The first-order valence-corrected chi connectivity index (χ1v) is 6.55. The summed E-state index contributed by atoms with van der Waals surface area (Å²) in [4.78, 5) is 18.9. The maximum Gasteiger partial charge on any atom is 0.225 e. The minimum absolute atomic E-state index is 0.0169. The van der Waals surface area contributed by atoms with Crippen molar-refractivity contribution >= 4 is 50.9 Å². The molecule has 1 aromatic heterocycles. The van der Waals surface area contributed by atoms with Crippen LogP contribution in [0.3, 0.4) is 0 Å². The predicted octanol–water partition coefficient (Wildman–Crippen LogP) is 3.29. The van der Waals surface area contributed by atoms with Gasteiger partial charge in [-0.2, -0.15) is 0 Å². The topological polar surface area (TPSA) is 54.9 Å². The zero-order chi connectivity index (χ0) is 12.0. The molecule has 0 aliphatic carbocycles.